The van der Waals surface area contributed by atoms with Crippen LogP contribution in [0.1, 0.15) is 30.7 Å². The Morgan fingerprint density at radius 1 is 1.62 bits per heavy atom. The first kappa shape index (κ1) is 11.5. The first-order chi connectivity index (χ1) is 7.68. The average Bonchev–Trinajstić information content (AvgIpc) is 2.68. The third-order valence-corrected chi connectivity index (χ3v) is 3.85. The zero-order valence-electron chi connectivity index (χ0n) is 9.24. The van der Waals surface area contributed by atoms with Gasteiger partial charge in [-0.1, -0.05) is 0 Å². The Morgan fingerprint density at radius 3 is 3.00 bits per heavy atom. The maximum absolute atomic E-state index is 11.6. The Hall–Kier alpha value is -0.940. The highest BCUT2D eigenvalue weighted by atomic mass is 32.1. The highest BCUT2D eigenvalue weighted by Gasteiger charge is 2.34. The van der Waals surface area contributed by atoms with E-state index in [-0.39, 0.29) is 11.4 Å². The lowest BCUT2D eigenvalue weighted by atomic mass is 9.75. The first-order valence-corrected chi connectivity index (χ1v) is 6.50. The van der Waals surface area contributed by atoms with E-state index in [1.807, 2.05) is 5.38 Å². The van der Waals surface area contributed by atoms with E-state index in [4.69, 9.17) is 5.73 Å². The molecule has 0 aromatic carbocycles. The molecule has 5 heteroatoms. The van der Waals surface area contributed by atoms with Gasteiger partial charge in [0, 0.05) is 36.5 Å². The summed E-state index contributed by atoms with van der Waals surface area (Å²) in [6, 6.07) is 0. The number of hydrogen-bond acceptors (Lipinski definition) is 4. The van der Waals surface area contributed by atoms with Gasteiger partial charge in [0.2, 0.25) is 5.91 Å². The zero-order valence-corrected chi connectivity index (χ0v) is 10.1. The second-order valence-electron chi connectivity index (χ2n) is 4.42. The molecule has 0 spiro atoms. The topological polar surface area (TPSA) is 68.0 Å². The van der Waals surface area contributed by atoms with Crippen LogP contribution in [-0.4, -0.2) is 23.0 Å². The summed E-state index contributed by atoms with van der Waals surface area (Å²) in [5, 5.41) is 5.90. The molecular formula is C11H17N3OS. The maximum Gasteiger partial charge on any atom is 0.221 e. The van der Waals surface area contributed by atoms with Crippen LogP contribution >= 0.6 is 11.3 Å². The van der Waals surface area contributed by atoms with Crippen LogP contribution in [0.4, 0.5) is 0 Å². The number of nitrogens with zero attached hydrogens (tertiary/aromatic N) is 1. The number of thiazole rings is 1. The van der Waals surface area contributed by atoms with Crippen molar-refractivity contribution in [1.29, 1.82) is 0 Å². The summed E-state index contributed by atoms with van der Waals surface area (Å²) < 4.78 is 0. The van der Waals surface area contributed by atoms with Crippen LogP contribution < -0.4 is 11.1 Å². The van der Waals surface area contributed by atoms with Crippen LogP contribution in [-0.2, 0) is 11.2 Å². The van der Waals surface area contributed by atoms with Crippen LogP contribution in [0.3, 0.4) is 0 Å². The lowest BCUT2D eigenvalue weighted by molar-refractivity contribution is -0.122. The molecule has 88 valence electrons. The SMILES string of the molecule is NC1(CC(=O)NCCc2nccs2)CCC1. The molecule has 4 nitrogen and oxygen atoms in total. The van der Waals surface area contributed by atoms with Gasteiger partial charge in [0.15, 0.2) is 0 Å². The van der Waals surface area contributed by atoms with Crippen LogP contribution in [0, 0.1) is 0 Å². The number of amides is 1. The van der Waals surface area contributed by atoms with Gasteiger partial charge in [-0.15, -0.1) is 11.3 Å². The summed E-state index contributed by atoms with van der Waals surface area (Å²) in [6.45, 7) is 0.655. The lowest BCUT2D eigenvalue weighted by Crippen LogP contribution is -2.50. The molecule has 1 saturated carbocycles. The number of carbonyl (C=O) groups is 1. The number of nitrogens with two attached hydrogens (primary N) is 1. The molecule has 1 fully saturated rings. The predicted octanol–water partition coefficient (Wildman–Crippen LogP) is 1.07. The molecule has 2 rings (SSSR count). The van der Waals surface area contributed by atoms with Crippen LogP contribution in [0.5, 0.6) is 0 Å². The third kappa shape index (κ3) is 3.02. The molecule has 0 atom stereocenters. The molecule has 1 aromatic heterocycles. The van der Waals surface area contributed by atoms with E-state index in [0.717, 1.165) is 30.7 Å². The molecule has 1 heterocycles. The van der Waals surface area contributed by atoms with Crippen LogP contribution in [0.2, 0.25) is 0 Å². The second kappa shape index (κ2) is 4.93. The largest absolute Gasteiger partial charge is 0.356 e. The van der Waals surface area contributed by atoms with Crippen LogP contribution in [0.15, 0.2) is 11.6 Å². The molecular weight excluding hydrogens is 222 g/mol. The Morgan fingerprint density at radius 2 is 2.44 bits per heavy atom. The summed E-state index contributed by atoms with van der Waals surface area (Å²) in [4.78, 5) is 15.7. The summed E-state index contributed by atoms with van der Waals surface area (Å²) in [5.74, 6) is 0.0683. The Balaban J connectivity index is 1.64. The number of hydrogen-bond donors (Lipinski definition) is 2. The molecule has 16 heavy (non-hydrogen) atoms. The summed E-state index contributed by atoms with van der Waals surface area (Å²) in [7, 11) is 0. The quantitative estimate of drug-likeness (QED) is 0.807. The highest BCUT2D eigenvalue weighted by molar-refractivity contribution is 7.09. The molecule has 0 radical (unpaired) electrons. The summed E-state index contributed by atoms with van der Waals surface area (Å²) in [6.07, 6.45) is 6.17. The van der Waals surface area contributed by atoms with Gasteiger partial charge < -0.3 is 11.1 Å². The number of carbonyl (C=O) groups excluding carboxylic acids is 1. The standard InChI is InChI=1S/C11H17N3OS/c12-11(3-1-4-11)8-9(15)13-5-2-10-14-6-7-16-10/h6-7H,1-5,8,12H2,(H,13,15). The van der Waals surface area contributed by atoms with E-state index < -0.39 is 0 Å². The monoisotopic (exact) mass is 239 g/mol. The normalized spacial score (nSPS) is 17.8. The van der Waals surface area contributed by atoms with E-state index in [9.17, 15) is 4.79 Å². The number of nitrogens with one attached hydrogen (secondary N) is 1. The molecule has 3 N–H and O–H groups in total. The van der Waals surface area contributed by atoms with Gasteiger partial charge in [0.05, 0.1) is 5.01 Å². The van der Waals surface area contributed by atoms with Crippen molar-refractivity contribution >= 4 is 17.2 Å². The third-order valence-electron chi connectivity index (χ3n) is 3.01. The van der Waals surface area contributed by atoms with Crippen molar-refractivity contribution in [3.05, 3.63) is 16.6 Å². The molecule has 0 bridgehead atoms. The molecule has 1 aliphatic carbocycles. The van der Waals surface area contributed by atoms with Crippen molar-refractivity contribution in [2.45, 2.75) is 37.6 Å². The minimum absolute atomic E-state index is 0.0683. The van der Waals surface area contributed by atoms with Crippen molar-refractivity contribution < 1.29 is 4.79 Å². The molecule has 1 aliphatic rings. The van der Waals surface area contributed by atoms with Gasteiger partial charge in [-0.25, -0.2) is 4.98 Å². The van der Waals surface area contributed by atoms with Crippen molar-refractivity contribution in [2.75, 3.05) is 6.54 Å². The predicted molar refractivity (Wildman–Crippen MR) is 64.2 cm³/mol. The fraction of sp³-hybridized carbons (Fsp3) is 0.636. The van der Waals surface area contributed by atoms with E-state index in [2.05, 4.69) is 10.3 Å². The first-order valence-electron chi connectivity index (χ1n) is 5.62. The summed E-state index contributed by atoms with van der Waals surface area (Å²) >= 11 is 1.62. The molecule has 1 aromatic rings. The Bertz CT molecular complexity index is 346. The molecule has 0 aliphatic heterocycles. The minimum atomic E-state index is -0.217. The lowest BCUT2D eigenvalue weighted by Gasteiger charge is -2.37. The molecule has 1 amide bonds. The smallest absolute Gasteiger partial charge is 0.221 e. The van der Waals surface area contributed by atoms with E-state index in [1.54, 1.807) is 17.5 Å². The Kier molecular flexibility index (Phi) is 3.56. The number of aromatic nitrogens is 1. The Labute approximate surface area is 99.3 Å². The molecule has 0 saturated heterocycles. The van der Waals surface area contributed by atoms with Crippen LogP contribution in [0.25, 0.3) is 0 Å². The van der Waals surface area contributed by atoms with Gasteiger partial charge in [-0.05, 0) is 19.3 Å². The van der Waals surface area contributed by atoms with Gasteiger partial charge >= 0.3 is 0 Å². The van der Waals surface area contributed by atoms with E-state index in [0.29, 0.717) is 13.0 Å². The number of rotatable bonds is 5. The van der Waals surface area contributed by atoms with E-state index in [1.165, 1.54) is 0 Å². The van der Waals surface area contributed by atoms with Crippen molar-refractivity contribution in [2.24, 2.45) is 5.73 Å². The van der Waals surface area contributed by atoms with Gasteiger partial charge in [-0.2, -0.15) is 0 Å². The average molecular weight is 239 g/mol. The van der Waals surface area contributed by atoms with Crippen molar-refractivity contribution in [3.63, 3.8) is 0 Å². The summed E-state index contributed by atoms with van der Waals surface area (Å²) in [5.41, 5.74) is 5.78. The van der Waals surface area contributed by atoms with Gasteiger partial charge in [-0.3, -0.25) is 4.79 Å². The van der Waals surface area contributed by atoms with Gasteiger partial charge in [0.1, 0.15) is 0 Å². The highest BCUT2D eigenvalue weighted by Crippen LogP contribution is 2.31. The van der Waals surface area contributed by atoms with Gasteiger partial charge in [0.25, 0.3) is 0 Å². The van der Waals surface area contributed by atoms with E-state index >= 15 is 0 Å². The van der Waals surface area contributed by atoms with Crippen molar-refractivity contribution in [1.82, 2.24) is 10.3 Å². The zero-order chi connectivity index (χ0) is 11.4. The van der Waals surface area contributed by atoms with Crippen molar-refractivity contribution in [3.8, 4) is 0 Å². The maximum atomic E-state index is 11.6. The fourth-order valence-electron chi connectivity index (χ4n) is 1.88. The second-order valence-corrected chi connectivity index (χ2v) is 5.40. The minimum Gasteiger partial charge on any atom is -0.356 e. The fourth-order valence-corrected chi connectivity index (χ4v) is 2.50. The molecule has 0 unspecified atom stereocenters.